The molecule has 0 aliphatic carbocycles. The number of hydrogen-bond donors (Lipinski definition) is 1. The summed E-state index contributed by atoms with van der Waals surface area (Å²) in [5.41, 5.74) is 5.26. The van der Waals surface area contributed by atoms with Crippen molar-refractivity contribution in [3.63, 3.8) is 0 Å². The van der Waals surface area contributed by atoms with Gasteiger partial charge in [0.1, 0.15) is 6.54 Å². The Labute approximate surface area is 83.0 Å². The maximum Gasteiger partial charge on any atom is 0.408 e. The second-order valence-corrected chi connectivity index (χ2v) is 3.04. The molecule has 2 N–H and O–H groups in total. The molecule has 0 aromatic carbocycles. The standard InChI is InChI=1S/C7H9F3N4O/c1-4-5(2-6(11)15)12-13-14(4)3-7(8,9)10/h2-3H2,1H3,(H2,11,15). The Morgan fingerprint density at radius 1 is 1.53 bits per heavy atom. The first kappa shape index (κ1) is 11.5. The van der Waals surface area contributed by atoms with Crippen molar-refractivity contribution in [2.24, 2.45) is 5.73 Å². The average Bonchev–Trinajstić information content (AvgIpc) is 2.32. The molecule has 1 aromatic heterocycles. The number of hydrogen-bond acceptors (Lipinski definition) is 3. The number of halogens is 3. The predicted molar refractivity (Wildman–Crippen MR) is 43.7 cm³/mol. The Morgan fingerprint density at radius 2 is 2.13 bits per heavy atom. The minimum Gasteiger partial charge on any atom is -0.369 e. The van der Waals surface area contributed by atoms with E-state index in [0.29, 0.717) is 4.68 Å². The Kier molecular flexibility index (Phi) is 2.96. The minimum absolute atomic E-state index is 0.173. The van der Waals surface area contributed by atoms with Crippen LogP contribution < -0.4 is 5.73 Å². The number of nitrogens with two attached hydrogens (primary N) is 1. The molecule has 1 aromatic rings. The second-order valence-electron chi connectivity index (χ2n) is 3.04. The van der Waals surface area contributed by atoms with Gasteiger partial charge in [-0.15, -0.1) is 5.10 Å². The number of carbonyl (C=O) groups is 1. The lowest BCUT2D eigenvalue weighted by molar-refractivity contribution is -0.143. The molecule has 1 rings (SSSR count). The van der Waals surface area contributed by atoms with Crippen LogP contribution in [0.2, 0.25) is 0 Å². The maximum atomic E-state index is 12.0. The summed E-state index contributed by atoms with van der Waals surface area (Å²) in [5, 5.41) is 6.75. The number of aromatic nitrogens is 3. The van der Waals surface area contributed by atoms with Gasteiger partial charge in [0.2, 0.25) is 5.91 Å². The smallest absolute Gasteiger partial charge is 0.369 e. The van der Waals surface area contributed by atoms with Crippen LogP contribution in [0.5, 0.6) is 0 Å². The molecular formula is C7H9F3N4O. The Hall–Kier alpha value is -1.60. The molecule has 0 radical (unpaired) electrons. The number of carbonyl (C=O) groups excluding carboxylic acids is 1. The van der Waals surface area contributed by atoms with Crippen LogP contribution in [0.25, 0.3) is 0 Å². The van der Waals surface area contributed by atoms with E-state index in [2.05, 4.69) is 10.3 Å². The van der Waals surface area contributed by atoms with Gasteiger partial charge < -0.3 is 5.73 Å². The highest BCUT2D eigenvalue weighted by atomic mass is 19.4. The van der Waals surface area contributed by atoms with Crippen molar-refractivity contribution >= 4 is 5.91 Å². The van der Waals surface area contributed by atoms with E-state index in [0.717, 1.165) is 0 Å². The van der Waals surface area contributed by atoms with Crippen molar-refractivity contribution < 1.29 is 18.0 Å². The van der Waals surface area contributed by atoms with Crippen LogP contribution in [0.15, 0.2) is 0 Å². The molecule has 15 heavy (non-hydrogen) atoms. The Balaban J connectivity index is 2.84. The zero-order chi connectivity index (χ0) is 11.6. The van der Waals surface area contributed by atoms with Gasteiger partial charge in [-0.2, -0.15) is 13.2 Å². The molecule has 0 unspecified atom stereocenters. The molecule has 0 aliphatic heterocycles. The van der Waals surface area contributed by atoms with Crippen molar-refractivity contribution in [2.75, 3.05) is 0 Å². The summed E-state index contributed by atoms with van der Waals surface area (Å²) in [6, 6.07) is 0. The lowest BCUT2D eigenvalue weighted by atomic mass is 10.2. The van der Waals surface area contributed by atoms with Crippen molar-refractivity contribution in [1.29, 1.82) is 0 Å². The van der Waals surface area contributed by atoms with E-state index in [-0.39, 0.29) is 17.8 Å². The van der Waals surface area contributed by atoms with Crippen LogP contribution in [0.3, 0.4) is 0 Å². The highest BCUT2D eigenvalue weighted by molar-refractivity contribution is 5.76. The Bertz CT molecular complexity index is 371. The van der Waals surface area contributed by atoms with E-state index in [4.69, 9.17) is 5.73 Å². The second kappa shape index (κ2) is 3.87. The number of amides is 1. The van der Waals surface area contributed by atoms with Crippen LogP contribution in [0.4, 0.5) is 13.2 Å². The van der Waals surface area contributed by atoms with Crippen LogP contribution >= 0.6 is 0 Å². The lowest BCUT2D eigenvalue weighted by Gasteiger charge is -2.06. The molecule has 1 amide bonds. The van der Waals surface area contributed by atoms with Gasteiger partial charge in [-0.05, 0) is 6.92 Å². The topological polar surface area (TPSA) is 73.8 Å². The highest BCUT2D eigenvalue weighted by Crippen LogP contribution is 2.18. The minimum atomic E-state index is -4.36. The first-order chi connectivity index (χ1) is 6.79. The third-order valence-corrected chi connectivity index (χ3v) is 1.75. The summed E-state index contributed by atoms with van der Waals surface area (Å²) >= 11 is 0. The molecule has 8 heteroatoms. The number of alkyl halides is 3. The molecular weight excluding hydrogens is 213 g/mol. The largest absolute Gasteiger partial charge is 0.408 e. The molecule has 0 saturated heterocycles. The molecule has 0 fully saturated rings. The first-order valence-corrected chi connectivity index (χ1v) is 4.03. The first-order valence-electron chi connectivity index (χ1n) is 4.03. The lowest BCUT2D eigenvalue weighted by Crippen LogP contribution is -2.20. The molecule has 84 valence electrons. The molecule has 0 bridgehead atoms. The SMILES string of the molecule is Cc1c(CC(N)=O)nnn1CC(F)(F)F. The van der Waals surface area contributed by atoms with Crippen molar-refractivity contribution in [1.82, 2.24) is 15.0 Å². The third kappa shape index (κ3) is 3.22. The number of rotatable bonds is 3. The molecule has 0 atom stereocenters. The molecule has 0 spiro atoms. The van der Waals surface area contributed by atoms with E-state index in [1.165, 1.54) is 6.92 Å². The summed E-state index contributed by atoms with van der Waals surface area (Å²) < 4.78 is 36.7. The van der Waals surface area contributed by atoms with Gasteiger partial charge in [-0.3, -0.25) is 4.79 Å². The third-order valence-electron chi connectivity index (χ3n) is 1.75. The molecule has 0 aliphatic rings. The quantitative estimate of drug-likeness (QED) is 0.792. The number of nitrogens with zero attached hydrogens (tertiary/aromatic N) is 3. The van der Waals surface area contributed by atoms with E-state index in [1.54, 1.807) is 0 Å². The van der Waals surface area contributed by atoms with Crippen LogP contribution in [0.1, 0.15) is 11.4 Å². The summed E-state index contributed by atoms with van der Waals surface area (Å²) in [5.74, 6) is -0.655. The maximum absolute atomic E-state index is 12.0. The van der Waals surface area contributed by atoms with Crippen LogP contribution in [-0.4, -0.2) is 27.1 Å². The van der Waals surface area contributed by atoms with Gasteiger partial charge in [0, 0.05) is 0 Å². The van der Waals surface area contributed by atoms with Gasteiger partial charge in [-0.1, -0.05) is 5.21 Å². The zero-order valence-corrected chi connectivity index (χ0v) is 7.88. The number of primary amides is 1. The van der Waals surface area contributed by atoms with E-state index in [9.17, 15) is 18.0 Å². The van der Waals surface area contributed by atoms with E-state index >= 15 is 0 Å². The molecule has 0 saturated carbocycles. The normalized spacial score (nSPS) is 11.7. The monoisotopic (exact) mass is 222 g/mol. The fourth-order valence-corrected chi connectivity index (χ4v) is 1.04. The van der Waals surface area contributed by atoms with Gasteiger partial charge in [0.15, 0.2) is 0 Å². The fourth-order valence-electron chi connectivity index (χ4n) is 1.04. The van der Waals surface area contributed by atoms with Gasteiger partial charge in [-0.25, -0.2) is 4.68 Å². The highest BCUT2D eigenvalue weighted by Gasteiger charge is 2.29. The summed E-state index contributed by atoms with van der Waals surface area (Å²) in [6.07, 6.45) is -4.56. The van der Waals surface area contributed by atoms with Crippen LogP contribution in [0, 0.1) is 6.92 Å². The van der Waals surface area contributed by atoms with Crippen molar-refractivity contribution in [3.05, 3.63) is 11.4 Å². The summed E-state index contributed by atoms with van der Waals surface area (Å²) in [4.78, 5) is 10.5. The van der Waals surface area contributed by atoms with Crippen LogP contribution in [-0.2, 0) is 17.8 Å². The van der Waals surface area contributed by atoms with Crippen molar-refractivity contribution in [3.8, 4) is 0 Å². The van der Waals surface area contributed by atoms with Gasteiger partial charge in [0.05, 0.1) is 17.8 Å². The van der Waals surface area contributed by atoms with E-state index in [1.807, 2.05) is 0 Å². The Morgan fingerprint density at radius 3 is 2.60 bits per heavy atom. The van der Waals surface area contributed by atoms with E-state index < -0.39 is 18.6 Å². The van der Waals surface area contributed by atoms with Gasteiger partial charge >= 0.3 is 6.18 Å². The average molecular weight is 222 g/mol. The summed E-state index contributed by atoms with van der Waals surface area (Å²) in [6.45, 7) is 0.189. The molecule has 5 nitrogen and oxygen atoms in total. The summed E-state index contributed by atoms with van der Waals surface area (Å²) in [7, 11) is 0. The van der Waals surface area contributed by atoms with Gasteiger partial charge in [0.25, 0.3) is 0 Å². The fraction of sp³-hybridized carbons (Fsp3) is 0.571. The zero-order valence-electron chi connectivity index (χ0n) is 7.88. The molecule has 1 heterocycles. The predicted octanol–water partition coefficient (Wildman–Crippen LogP) is 0.177. The van der Waals surface area contributed by atoms with Crippen molar-refractivity contribution in [2.45, 2.75) is 26.1 Å².